The highest BCUT2D eigenvalue weighted by Gasteiger charge is 2.14. The van der Waals surface area contributed by atoms with Crippen molar-refractivity contribution in [1.29, 1.82) is 0 Å². The average molecular weight is 264 g/mol. The molecule has 6 heteroatoms. The molecule has 0 spiro atoms. The minimum absolute atomic E-state index is 0.157. The van der Waals surface area contributed by atoms with E-state index in [4.69, 9.17) is 4.74 Å². The lowest BCUT2D eigenvalue weighted by Crippen LogP contribution is -2.23. The van der Waals surface area contributed by atoms with Gasteiger partial charge in [-0.15, -0.1) is 11.3 Å². The van der Waals surface area contributed by atoms with Crippen LogP contribution in [0.15, 0.2) is 29.1 Å². The molecule has 0 saturated carbocycles. The maximum atomic E-state index is 11.9. The number of phenolic OH excluding ortho intramolecular Hbond substituents is 1. The topological polar surface area (TPSA) is 71.5 Å². The number of aromatic nitrogens is 1. The zero-order chi connectivity index (χ0) is 13.0. The van der Waals surface area contributed by atoms with E-state index in [0.717, 1.165) is 5.69 Å². The van der Waals surface area contributed by atoms with Crippen molar-refractivity contribution in [2.45, 2.75) is 6.54 Å². The Morgan fingerprint density at radius 2 is 2.39 bits per heavy atom. The van der Waals surface area contributed by atoms with E-state index in [1.807, 2.05) is 5.38 Å². The Morgan fingerprint density at radius 1 is 1.56 bits per heavy atom. The fourth-order valence-electron chi connectivity index (χ4n) is 1.46. The summed E-state index contributed by atoms with van der Waals surface area (Å²) in [5, 5.41) is 14.4. The van der Waals surface area contributed by atoms with Crippen molar-refractivity contribution in [3.05, 3.63) is 40.3 Å². The zero-order valence-electron chi connectivity index (χ0n) is 9.71. The highest BCUT2D eigenvalue weighted by Crippen LogP contribution is 2.29. The average Bonchev–Trinajstić information content (AvgIpc) is 2.89. The van der Waals surface area contributed by atoms with Crippen LogP contribution in [0.4, 0.5) is 0 Å². The number of nitrogens with zero attached hydrogens (tertiary/aromatic N) is 1. The first-order valence-electron chi connectivity index (χ1n) is 5.23. The maximum Gasteiger partial charge on any atom is 0.255 e. The summed E-state index contributed by atoms with van der Waals surface area (Å²) in [5.74, 6) is -0.244. The van der Waals surface area contributed by atoms with Crippen LogP contribution in [-0.2, 0) is 6.54 Å². The van der Waals surface area contributed by atoms with Gasteiger partial charge in [-0.2, -0.15) is 0 Å². The molecule has 0 bridgehead atoms. The zero-order valence-corrected chi connectivity index (χ0v) is 10.5. The molecule has 0 aliphatic carbocycles. The van der Waals surface area contributed by atoms with Crippen LogP contribution in [0.25, 0.3) is 0 Å². The van der Waals surface area contributed by atoms with Gasteiger partial charge in [-0.25, -0.2) is 4.98 Å². The van der Waals surface area contributed by atoms with Crippen molar-refractivity contribution in [3.63, 3.8) is 0 Å². The molecule has 0 radical (unpaired) electrons. The van der Waals surface area contributed by atoms with Crippen LogP contribution in [0.1, 0.15) is 16.1 Å². The summed E-state index contributed by atoms with van der Waals surface area (Å²) >= 11 is 1.46. The van der Waals surface area contributed by atoms with Crippen molar-refractivity contribution < 1.29 is 14.6 Å². The number of carbonyl (C=O) groups excluding carboxylic acids is 1. The fourth-order valence-corrected chi connectivity index (χ4v) is 2.02. The molecule has 1 aromatic carbocycles. The molecule has 5 nitrogen and oxygen atoms in total. The second-order valence-corrected chi connectivity index (χ2v) is 4.24. The van der Waals surface area contributed by atoms with Crippen LogP contribution in [0.2, 0.25) is 0 Å². The minimum Gasteiger partial charge on any atom is -0.504 e. The summed E-state index contributed by atoms with van der Waals surface area (Å²) in [7, 11) is 1.44. The SMILES string of the molecule is COc1cccc(C(=O)NCc2cscn2)c1O. The Balaban J connectivity index is 2.09. The Labute approximate surface area is 108 Å². The number of hydrogen-bond acceptors (Lipinski definition) is 5. The Hall–Kier alpha value is -2.08. The molecule has 1 amide bonds. The number of phenols is 1. The summed E-state index contributed by atoms with van der Waals surface area (Å²) < 4.78 is 4.95. The van der Waals surface area contributed by atoms with Crippen LogP contribution in [0.5, 0.6) is 11.5 Å². The smallest absolute Gasteiger partial charge is 0.255 e. The molecule has 0 atom stereocenters. The number of thiazole rings is 1. The van der Waals surface area contributed by atoms with Gasteiger partial charge in [0, 0.05) is 5.38 Å². The minimum atomic E-state index is -0.362. The summed E-state index contributed by atoms with van der Waals surface area (Å²) in [5.41, 5.74) is 2.67. The Morgan fingerprint density at radius 3 is 3.06 bits per heavy atom. The standard InChI is InChI=1S/C12H12N2O3S/c1-17-10-4-2-3-9(11(10)15)12(16)13-5-8-6-18-7-14-8/h2-4,6-7,15H,5H2,1H3,(H,13,16). The number of hydrogen-bond donors (Lipinski definition) is 2. The number of nitrogens with one attached hydrogen (secondary N) is 1. The van der Waals surface area contributed by atoms with E-state index < -0.39 is 0 Å². The number of para-hydroxylation sites is 1. The van der Waals surface area contributed by atoms with Gasteiger partial charge in [0.15, 0.2) is 11.5 Å². The molecule has 2 aromatic rings. The molecule has 0 aliphatic heterocycles. The van der Waals surface area contributed by atoms with Crippen LogP contribution in [-0.4, -0.2) is 23.1 Å². The molecule has 18 heavy (non-hydrogen) atoms. The van der Waals surface area contributed by atoms with Gasteiger partial charge in [-0.05, 0) is 12.1 Å². The van der Waals surface area contributed by atoms with E-state index in [0.29, 0.717) is 6.54 Å². The van der Waals surface area contributed by atoms with E-state index in [9.17, 15) is 9.90 Å². The molecule has 1 aromatic heterocycles. The number of benzene rings is 1. The van der Waals surface area contributed by atoms with Crippen LogP contribution < -0.4 is 10.1 Å². The van der Waals surface area contributed by atoms with E-state index in [-0.39, 0.29) is 23.0 Å². The second-order valence-electron chi connectivity index (χ2n) is 3.52. The number of methoxy groups -OCH3 is 1. The normalized spacial score (nSPS) is 10.1. The van der Waals surface area contributed by atoms with Crippen molar-refractivity contribution in [1.82, 2.24) is 10.3 Å². The summed E-state index contributed by atoms with van der Waals surface area (Å²) in [4.78, 5) is 15.9. The van der Waals surface area contributed by atoms with Gasteiger partial charge in [-0.3, -0.25) is 4.79 Å². The molecule has 2 N–H and O–H groups in total. The number of aromatic hydroxyl groups is 1. The van der Waals surface area contributed by atoms with Crippen molar-refractivity contribution in [2.75, 3.05) is 7.11 Å². The number of ether oxygens (including phenoxy) is 1. The molecule has 1 heterocycles. The molecule has 94 valence electrons. The lowest BCUT2D eigenvalue weighted by Gasteiger charge is -2.08. The van der Waals surface area contributed by atoms with Gasteiger partial charge in [0.05, 0.1) is 30.4 Å². The first kappa shape index (κ1) is 12.4. The van der Waals surface area contributed by atoms with E-state index in [1.165, 1.54) is 24.5 Å². The first-order valence-corrected chi connectivity index (χ1v) is 6.18. The third-order valence-corrected chi connectivity index (χ3v) is 3.01. The first-order chi connectivity index (χ1) is 8.72. The van der Waals surface area contributed by atoms with E-state index >= 15 is 0 Å². The van der Waals surface area contributed by atoms with Crippen molar-refractivity contribution in [2.24, 2.45) is 0 Å². The molecular weight excluding hydrogens is 252 g/mol. The van der Waals surface area contributed by atoms with Crippen LogP contribution >= 0.6 is 11.3 Å². The van der Waals surface area contributed by atoms with E-state index in [1.54, 1.807) is 17.6 Å². The quantitative estimate of drug-likeness (QED) is 0.883. The largest absolute Gasteiger partial charge is 0.504 e. The van der Waals surface area contributed by atoms with Crippen LogP contribution in [0, 0.1) is 0 Å². The van der Waals surface area contributed by atoms with Gasteiger partial charge in [0.25, 0.3) is 5.91 Å². The number of rotatable bonds is 4. The third-order valence-electron chi connectivity index (χ3n) is 2.38. The summed E-state index contributed by atoms with van der Waals surface area (Å²) in [6, 6.07) is 4.77. The molecular formula is C12H12N2O3S. The highest BCUT2D eigenvalue weighted by molar-refractivity contribution is 7.07. The summed E-state index contributed by atoms with van der Waals surface area (Å²) in [6.45, 7) is 0.332. The number of amides is 1. The monoisotopic (exact) mass is 264 g/mol. The Kier molecular flexibility index (Phi) is 3.78. The van der Waals surface area contributed by atoms with Gasteiger partial charge in [-0.1, -0.05) is 6.07 Å². The van der Waals surface area contributed by atoms with Gasteiger partial charge >= 0.3 is 0 Å². The maximum absolute atomic E-state index is 11.9. The fraction of sp³-hybridized carbons (Fsp3) is 0.167. The lowest BCUT2D eigenvalue weighted by molar-refractivity contribution is 0.0947. The third kappa shape index (κ3) is 2.60. The summed E-state index contributed by atoms with van der Waals surface area (Å²) in [6.07, 6.45) is 0. The second kappa shape index (κ2) is 5.50. The lowest BCUT2D eigenvalue weighted by atomic mass is 10.1. The predicted molar refractivity (Wildman–Crippen MR) is 67.9 cm³/mol. The molecule has 0 aliphatic rings. The Bertz CT molecular complexity index is 540. The van der Waals surface area contributed by atoms with Gasteiger partial charge in [0.2, 0.25) is 0 Å². The molecule has 0 fully saturated rings. The van der Waals surface area contributed by atoms with Gasteiger partial charge in [0.1, 0.15) is 0 Å². The predicted octanol–water partition coefficient (Wildman–Crippen LogP) is 1.79. The number of carbonyl (C=O) groups is 1. The van der Waals surface area contributed by atoms with Crippen molar-refractivity contribution in [3.8, 4) is 11.5 Å². The van der Waals surface area contributed by atoms with E-state index in [2.05, 4.69) is 10.3 Å². The van der Waals surface area contributed by atoms with Crippen LogP contribution in [0.3, 0.4) is 0 Å². The highest BCUT2D eigenvalue weighted by atomic mass is 32.1. The molecule has 0 saturated heterocycles. The molecule has 0 unspecified atom stereocenters. The van der Waals surface area contributed by atoms with Crippen molar-refractivity contribution >= 4 is 17.2 Å². The van der Waals surface area contributed by atoms with Gasteiger partial charge < -0.3 is 15.2 Å². The molecule has 2 rings (SSSR count).